The third-order valence-electron chi connectivity index (χ3n) is 4.70. The van der Waals surface area contributed by atoms with E-state index in [0.717, 1.165) is 5.56 Å². The molecule has 3 rings (SSSR count). The van der Waals surface area contributed by atoms with Crippen molar-refractivity contribution < 1.29 is 17.9 Å². The van der Waals surface area contributed by atoms with E-state index >= 15 is 0 Å². The topological polar surface area (TPSA) is 84.5 Å². The first kappa shape index (κ1) is 21.5. The molecule has 3 aromatic carbocycles. The van der Waals surface area contributed by atoms with Gasteiger partial charge >= 0.3 is 0 Å². The molecule has 0 aliphatic rings. The molecule has 1 amide bonds. The summed E-state index contributed by atoms with van der Waals surface area (Å²) in [6.45, 7) is 1.85. The Balaban J connectivity index is 1.86. The summed E-state index contributed by atoms with van der Waals surface area (Å²) in [6.07, 6.45) is 0. The van der Waals surface area contributed by atoms with Gasteiger partial charge in [0, 0.05) is 0 Å². The van der Waals surface area contributed by atoms with E-state index < -0.39 is 22.0 Å². The van der Waals surface area contributed by atoms with E-state index in [-0.39, 0.29) is 10.9 Å². The average molecular weight is 425 g/mol. The number of carbonyl (C=O) groups is 1. The molecule has 156 valence electrons. The van der Waals surface area contributed by atoms with Crippen LogP contribution in [0.4, 0.5) is 0 Å². The van der Waals surface area contributed by atoms with Crippen molar-refractivity contribution in [3.63, 3.8) is 0 Å². The van der Waals surface area contributed by atoms with Crippen LogP contribution in [0, 0.1) is 0 Å². The lowest BCUT2D eigenvalue weighted by molar-refractivity contribution is -0.123. The largest absolute Gasteiger partial charge is 0.497 e. The SMILES string of the molecule is COc1ccc(S(=O)(=O)NC(C(=O)NC(C)c2ccccc2)c2ccccc2)cc1. The zero-order valence-corrected chi connectivity index (χ0v) is 17.6. The number of ether oxygens (including phenoxy) is 1. The second kappa shape index (κ2) is 9.56. The lowest BCUT2D eigenvalue weighted by Gasteiger charge is -2.22. The summed E-state index contributed by atoms with van der Waals surface area (Å²) in [6, 6.07) is 22.9. The minimum absolute atomic E-state index is 0.0492. The molecule has 0 aromatic heterocycles. The number of sulfonamides is 1. The molecular formula is C23H24N2O4S. The van der Waals surface area contributed by atoms with Crippen LogP contribution in [0.2, 0.25) is 0 Å². The van der Waals surface area contributed by atoms with Crippen LogP contribution in [0.5, 0.6) is 5.75 Å². The van der Waals surface area contributed by atoms with Gasteiger partial charge in [-0.05, 0) is 42.3 Å². The van der Waals surface area contributed by atoms with Crippen LogP contribution in [0.3, 0.4) is 0 Å². The van der Waals surface area contributed by atoms with Gasteiger partial charge in [0.05, 0.1) is 18.0 Å². The van der Waals surface area contributed by atoms with E-state index in [0.29, 0.717) is 11.3 Å². The predicted molar refractivity (Wildman–Crippen MR) is 115 cm³/mol. The molecule has 0 saturated carbocycles. The van der Waals surface area contributed by atoms with Gasteiger partial charge in [0.25, 0.3) is 0 Å². The molecule has 0 bridgehead atoms. The molecule has 2 unspecified atom stereocenters. The molecular weight excluding hydrogens is 400 g/mol. The Hall–Kier alpha value is -3.16. The van der Waals surface area contributed by atoms with Gasteiger partial charge in [0.2, 0.25) is 15.9 Å². The third-order valence-corrected chi connectivity index (χ3v) is 6.13. The summed E-state index contributed by atoms with van der Waals surface area (Å²) >= 11 is 0. The molecule has 0 saturated heterocycles. The van der Waals surface area contributed by atoms with Crippen LogP contribution in [0.15, 0.2) is 89.8 Å². The molecule has 0 spiro atoms. The number of nitrogens with one attached hydrogen (secondary N) is 2. The van der Waals surface area contributed by atoms with Gasteiger partial charge in [-0.15, -0.1) is 0 Å². The second-order valence-corrected chi connectivity index (χ2v) is 8.50. The fourth-order valence-electron chi connectivity index (χ4n) is 3.02. The van der Waals surface area contributed by atoms with Crippen molar-refractivity contribution in [3.05, 3.63) is 96.1 Å². The van der Waals surface area contributed by atoms with Crippen molar-refractivity contribution in [1.29, 1.82) is 0 Å². The summed E-state index contributed by atoms with van der Waals surface area (Å²) in [7, 11) is -2.44. The van der Waals surface area contributed by atoms with Crippen molar-refractivity contribution >= 4 is 15.9 Å². The summed E-state index contributed by atoms with van der Waals surface area (Å²) in [5, 5.41) is 2.90. The van der Waals surface area contributed by atoms with Gasteiger partial charge in [-0.2, -0.15) is 4.72 Å². The summed E-state index contributed by atoms with van der Waals surface area (Å²) in [5.74, 6) is 0.109. The highest BCUT2D eigenvalue weighted by molar-refractivity contribution is 7.89. The maximum atomic E-state index is 13.1. The van der Waals surface area contributed by atoms with Crippen LogP contribution in [0.1, 0.15) is 30.1 Å². The van der Waals surface area contributed by atoms with Gasteiger partial charge < -0.3 is 10.1 Å². The molecule has 0 aliphatic carbocycles. The molecule has 3 aromatic rings. The quantitative estimate of drug-likeness (QED) is 0.579. The molecule has 30 heavy (non-hydrogen) atoms. The second-order valence-electron chi connectivity index (χ2n) is 6.78. The first-order chi connectivity index (χ1) is 14.4. The Morgan fingerprint density at radius 1 is 0.833 bits per heavy atom. The van der Waals surface area contributed by atoms with Crippen molar-refractivity contribution in [3.8, 4) is 5.75 Å². The first-order valence-electron chi connectivity index (χ1n) is 9.47. The van der Waals surface area contributed by atoms with E-state index in [2.05, 4.69) is 10.0 Å². The average Bonchev–Trinajstić information content (AvgIpc) is 2.78. The van der Waals surface area contributed by atoms with Crippen molar-refractivity contribution in [1.82, 2.24) is 10.0 Å². The number of benzene rings is 3. The van der Waals surface area contributed by atoms with Crippen molar-refractivity contribution in [2.24, 2.45) is 0 Å². The Morgan fingerprint density at radius 2 is 1.37 bits per heavy atom. The highest BCUT2D eigenvalue weighted by Crippen LogP contribution is 2.21. The van der Waals surface area contributed by atoms with Gasteiger partial charge in [0.15, 0.2) is 0 Å². The number of rotatable bonds is 8. The minimum Gasteiger partial charge on any atom is -0.497 e. The summed E-state index contributed by atoms with van der Waals surface area (Å²) in [5.41, 5.74) is 1.48. The Morgan fingerprint density at radius 3 is 1.90 bits per heavy atom. The van der Waals surface area contributed by atoms with Crippen LogP contribution in [-0.4, -0.2) is 21.4 Å². The van der Waals surface area contributed by atoms with Gasteiger partial charge in [-0.1, -0.05) is 60.7 Å². The number of methoxy groups -OCH3 is 1. The van der Waals surface area contributed by atoms with E-state index in [4.69, 9.17) is 4.74 Å². The third kappa shape index (κ3) is 5.25. The van der Waals surface area contributed by atoms with Gasteiger partial charge in [0.1, 0.15) is 11.8 Å². The maximum absolute atomic E-state index is 13.1. The predicted octanol–water partition coefficient (Wildman–Crippen LogP) is 3.59. The summed E-state index contributed by atoms with van der Waals surface area (Å²) in [4.78, 5) is 13.1. The number of carbonyl (C=O) groups excluding carboxylic acids is 1. The molecule has 2 N–H and O–H groups in total. The highest BCUT2D eigenvalue weighted by atomic mass is 32.2. The molecule has 0 heterocycles. The molecule has 0 aliphatic heterocycles. The molecule has 6 nitrogen and oxygen atoms in total. The zero-order valence-electron chi connectivity index (χ0n) is 16.8. The van der Waals surface area contributed by atoms with Crippen molar-refractivity contribution in [2.75, 3.05) is 7.11 Å². The maximum Gasteiger partial charge on any atom is 0.243 e. The molecule has 7 heteroatoms. The van der Waals surface area contributed by atoms with Gasteiger partial charge in [-0.25, -0.2) is 8.42 Å². The lowest BCUT2D eigenvalue weighted by Crippen LogP contribution is -2.41. The number of hydrogen-bond donors (Lipinski definition) is 2. The molecule has 2 atom stereocenters. The minimum atomic E-state index is -3.94. The van der Waals surface area contributed by atoms with E-state index in [1.807, 2.05) is 43.3 Å². The van der Waals surface area contributed by atoms with Crippen molar-refractivity contribution in [2.45, 2.75) is 23.9 Å². The van der Waals surface area contributed by atoms with Crippen LogP contribution in [0.25, 0.3) is 0 Å². The molecule has 0 fully saturated rings. The Kier molecular flexibility index (Phi) is 6.87. The summed E-state index contributed by atoms with van der Waals surface area (Å²) < 4.78 is 33.5. The van der Waals surface area contributed by atoms with Crippen LogP contribution in [-0.2, 0) is 14.8 Å². The van der Waals surface area contributed by atoms with E-state index in [1.165, 1.54) is 19.2 Å². The number of hydrogen-bond acceptors (Lipinski definition) is 4. The fraction of sp³-hybridized carbons (Fsp3) is 0.174. The smallest absolute Gasteiger partial charge is 0.243 e. The fourth-order valence-corrected chi connectivity index (χ4v) is 4.20. The van der Waals surface area contributed by atoms with E-state index in [1.54, 1.807) is 36.4 Å². The number of amides is 1. The Bertz CT molecular complexity index is 1070. The Labute approximate surface area is 177 Å². The van der Waals surface area contributed by atoms with E-state index in [9.17, 15) is 13.2 Å². The zero-order chi connectivity index (χ0) is 21.6. The van der Waals surface area contributed by atoms with Crippen LogP contribution >= 0.6 is 0 Å². The standard InChI is InChI=1S/C23H24N2O4S/c1-17(18-9-5-3-6-10-18)24-23(26)22(19-11-7-4-8-12-19)25-30(27,28)21-15-13-20(29-2)14-16-21/h3-17,22,25H,1-2H3,(H,24,26). The molecule has 0 radical (unpaired) electrons. The van der Waals surface area contributed by atoms with Gasteiger partial charge in [-0.3, -0.25) is 4.79 Å². The van der Waals surface area contributed by atoms with Crippen LogP contribution < -0.4 is 14.8 Å². The monoisotopic (exact) mass is 424 g/mol. The normalized spacial score (nSPS) is 13.3. The highest BCUT2D eigenvalue weighted by Gasteiger charge is 2.28. The lowest BCUT2D eigenvalue weighted by atomic mass is 10.1. The first-order valence-corrected chi connectivity index (χ1v) is 11.0.